The third kappa shape index (κ3) is 2.49. The van der Waals surface area contributed by atoms with E-state index in [2.05, 4.69) is 5.73 Å². The molecule has 1 aromatic rings. The van der Waals surface area contributed by atoms with Crippen molar-refractivity contribution < 1.29 is 27.3 Å². The van der Waals surface area contributed by atoms with E-state index in [1.165, 1.54) is 0 Å². The summed E-state index contributed by atoms with van der Waals surface area (Å²) in [5.41, 5.74) is 0.644. The molecule has 1 amide bonds. The van der Waals surface area contributed by atoms with E-state index in [4.69, 9.17) is 0 Å². The largest absolute Gasteiger partial charge is 0.416 e. The minimum Gasteiger partial charge on any atom is -0.365 e. The quantitative estimate of drug-likeness (QED) is 0.495. The maximum Gasteiger partial charge on any atom is 0.416 e. The first kappa shape index (κ1) is 12.9. The van der Waals surface area contributed by atoms with Crippen LogP contribution in [0.1, 0.15) is 15.9 Å². The standard InChI is InChI=1S/C8H4F4N2O3/c9-5-2-3(8(10,11)12)1-4(7(13)15)6(5)14(16)17/h1-2H,(H2,13,15). The first-order valence-electron chi connectivity index (χ1n) is 3.99. The summed E-state index contributed by atoms with van der Waals surface area (Å²) in [6, 6.07) is 0.0775. The van der Waals surface area contributed by atoms with Crippen LogP contribution >= 0.6 is 0 Å². The summed E-state index contributed by atoms with van der Waals surface area (Å²) in [5.74, 6) is -3.28. The molecule has 0 spiro atoms. The van der Waals surface area contributed by atoms with Crippen LogP contribution in [0.15, 0.2) is 12.1 Å². The van der Waals surface area contributed by atoms with Crippen molar-refractivity contribution in [3.8, 4) is 0 Å². The molecule has 0 aliphatic heterocycles. The molecule has 0 saturated carbocycles. The lowest BCUT2D eigenvalue weighted by Crippen LogP contribution is -2.17. The monoisotopic (exact) mass is 252 g/mol. The fourth-order valence-corrected chi connectivity index (χ4v) is 1.14. The number of benzene rings is 1. The van der Waals surface area contributed by atoms with Crippen molar-refractivity contribution in [3.05, 3.63) is 39.2 Å². The average molecular weight is 252 g/mol. The summed E-state index contributed by atoms with van der Waals surface area (Å²) in [6.45, 7) is 0. The smallest absolute Gasteiger partial charge is 0.365 e. The van der Waals surface area contributed by atoms with Crippen LogP contribution in [0.5, 0.6) is 0 Å². The van der Waals surface area contributed by atoms with Crippen molar-refractivity contribution in [1.82, 2.24) is 0 Å². The van der Waals surface area contributed by atoms with E-state index >= 15 is 0 Å². The number of alkyl halides is 3. The molecule has 1 rings (SSSR count). The van der Waals surface area contributed by atoms with Crippen LogP contribution in [0, 0.1) is 15.9 Å². The Hall–Kier alpha value is -2.19. The van der Waals surface area contributed by atoms with Gasteiger partial charge in [0.15, 0.2) is 0 Å². The molecule has 0 saturated heterocycles. The van der Waals surface area contributed by atoms with Gasteiger partial charge in [0, 0.05) is 0 Å². The molecule has 0 heterocycles. The van der Waals surface area contributed by atoms with Gasteiger partial charge < -0.3 is 5.73 Å². The van der Waals surface area contributed by atoms with Gasteiger partial charge in [0.25, 0.3) is 5.91 Å². The average Bonchev–Trinajstić information content (AvgIpc) is 2.13. The molecule has 0 aliphatic carbocycles. The first-order chi connectivity index (χ1) is 7.64. The molecule has 5 nitrogen and oxygen atoms in total. The number of hydrogen-bond donors (Lipinski definition) is 1. The maximum atomic E-state index is 13.1. The molecule has 0 aromatic heterocycles. The number of carbonyl (C=O) groups is 1. The number of halogens is 4. The van der Waals surface area contributed by atoms with Crippen molar-refractivity contribution in [1.29, 1.82) is 0 Å². The van der Waals surface area contributed by atoms with Crippen molar-refractivity contribution in [2.75, 3.05) is 0 Å². The Morgan fingerprint density at radius 1 is 1.35 bits per heavy atom. The van der Waals surface area contributed by atoms with E-state index in [1.54, 1.807) is 0 Å². The van der Waals surface area contributed by atoms with Gasteiger partial charge in [-0.3, -0.25) is 14.9 Å². The number of carbonyl (C=O) groups excluding carboxylic acids is 1. The van der Waals surface area contributed by atoms with Crippen LogP contribution < -0.4 is 5.73 Å². The van der Waals surface area contributed by atoms with Crippen LogP contribution in [-0.2, 0) is 6.18 Å². The van der Waals surface area contributed by atoms with Crippen molar-refractivity contribution >= 4 is 11.6 Å². The highest BCUT2D eigenvalue weighted by atomic mass is 19.4. The number of nitrogens with zero attached hydrogens (tertiary/aromatic N) is 1. The van der Waals surface area contributed by atoms with Gasteiger partial charge in [-0.1, -0.05) is 0 Å². The molecule has 0 bridgehead atoms. The number of rotatable bonds is 2. The Morgan fingerprint density at radius 3 is 2.24 bits per heavy atom. The second-order valence-corrected chi connectivity index (χ2v) is 2.97. The second-order valence-electron chi connectivity index (χ2n) is 2.97. The predicted octanol–water partition coefficient (Wildman–Crippen LogP) is 1.85. The van der Waals surface area contributed by atoms with Gasteiger partial charge in [0.05, 0.1) is 10.5 Å². The molecule has 0 aliphatic rings. The Labute approximate surface area is 91.0 Å². The highest BCUT2D eigenvalue weighted by Crippen LogP contribution is 2.34. The van der Waals surface area contributed by atoms with Crippen LogP contribution in [0.25, 0.3) is 0 Å². The van der Waals surface area contributed by atoms with Gasteiger partial charge in [-0.2, -0.15) is 17.6 Å². The predicted molar refractivity (Wildman–Crippen MR) is 46.6 cm³/mol. The van der Waals surface area contributed by atoms with Gasteiger partial charge in [0.2, 0.25) is 5.82 Å². The zero-order valence-corrected chi connectivity index (χ0v) is 7.92. The maximum absolute atomic E-state index is 13.1. The normalized spacial score (nSPS) is 11.3. The van der Waals surface area contributed by atoms with Crippen LogP contribution in [0.4, 0.5) is 23.2 Å². The fraction of sp³-hybridized carbons (Fsp3) is 0.125. The van der Waals surface area contributed by atoms with E-state index in [-0.39, 0.29) is 12.1 Å². The molecule has 92 valence electrons. The van der Waals surface area contributed by atoms with Crippen molar-refractivity contribution in [2.45, 2.75) is 6.18 Å². The van der Waals surface area contributed by atoms with Gasteiger partial charge in [-0.15, -0.1) is 0 Å². The molecule has 1 aromatic carbocycles. The number of nitrogens with two attached hydrogens (primary N) is 1. The Morgan fingerprint density at radius 2 is 1.88 bits per heavy atom. The van der Waals surface area contributed by atoms with E-state index in [9.17, 15) is 32.5 Å². The van der Waals surface area contributed by atoms with E-state index < -0.39 is 39.6 Å². The topological polar surface area (TPSA) is 86.2 Å². The summed E-state index contributed by atoms with van der Waals surface area (Å²) in [6.07, 6.45) is -4.93. The van der Waals surface area contributed by atoms with Gasteiger partial charge in [-0.05, 0) is 12.1 Å². The van der Waals surface area contributed by atoms with Crippen LogP contribution in [0.3, 0.4) is 0 Å². The first-order valence-corrected chi connectivity index (χ1v) is 3.99. The minimum absolute atomic E-state index is 0.0649. The van der Waals surface area contributed by atoms with E-state index in [0.29, 0.717) is 0 Å². The zero-order chi connectivity index (χ0) is 13.4. The van der Waals surface area contributed by atoms with Gasteiger partial charge >= 0.3 is 11.9 Å². The molecule has 2 N–H and O–H groups in total. The number of amides is 1. The highest BCUT2D eigenvalue weighted by molar-refractivity contribution is 5.97. The molecule has 0 atom stereocenters. The molecular weight excluding hydrogens is 248 g/mol. The summed E-state index contributed by atoms with van der Waals surface area (Å²) < 4.78 is 49.9. The molecule has 17 heavy (non-hydrogen) atoms. The van der Waals surface area contributed by atoms with E-state index in [0.717, 1.165) is 0 Å². The molecular formula is C8H4F4N2O3. The fourth-order valence-electron chi connectivity index (χ4n) is 1.14. The number of nitro groups is 1. The molecule has 9 heteroatoms. The Balaban J connectivity index is 3.58. The lowest BCUT2D eigenvalue weighted by molar-refractivity contribution is -0.387. The summed E-state index contributed by atoms with van der Waals surface area (Å²) in [5, 5.41) is 10.4. The highest BCUT2D eigenvalue weighted by Gasteiger charge is 2.35. The molecule has 0 unspecified atom stereocenters. The van der Waals surface area contributed by atoms with Crippen LogP contribution in [0.2, 0.25) is 0 Å². The van der Waals surface area contributed by atoms with E-state index in [1.807, 2.05) is 0 Å². The second kappa shape index (κ2) is 4.00. The lowest BCUT2D eigenvalue weighted by atomic mass is 10.1. The zero-order valence-electron chi connectivity index (χ0n) is 7.92. The molecule has 0 radical (unpaired) electrons. The Bertz CT molecular complexity index is 498. The summed E-state index contributed by atoms with van der Waals surface area (Å²) >= 11 is 0. The van der Waals surface area contributed by atoms with Crippen molar-refractivity contribution in [2.24, 2.45) is 5.73 Å². The number of nitro benzene ring substituents is 1. The lowest BCUT2D eigenvalue weighted by Gasteiger charge is -2.08. The van der Waals surface area contributed by atoms with Gasteiger partial charge in [-0.25, -0.2) is 0 Å². The van der Waals surface area contributed by atoms with Gasteiger partial charge in [0.1, 0.15) is 5.56 Å². The summed E-state index contributed by atoms with van der Waals surface area (Å²) in [7, 11) is 0. The summed E-state index contributed by atoms with van der Waals surface area (Å²) in [4.78, 5) is 19.8. The Kier molecular flexibility index (Phi) is 3.03. The third-order valence-electron chi connectivity index (χ3n) is 1.84. The SMILES string of the molecule is NC(=O)c1cc(C(F)(F)F)cc(F)c1[N+](=O)[O-]. The molecule has 0 fully saturated rings. The number of hydrogen-bond acceptors (Lipinski definition) is 3. The third-order valence-corrected chi connectivity index (χ3v) is 1.84. The number of primary amides is 1. The minimum atomic E-state index is -4.93. The van der Waals surface area contributed by atoms with Crippen molar-refractivity contribution in [3.63, 3.8) is 0 Å². The van der Waals surface area contributed by atoms with Crippen LogP contribution in [-0.4, -0.2) is 10.8 Å².